The maximum atomic E-state index is 12.2. The molecule has 1 heterocycles. The number of likely N-dealkylation sites (tertiary alicyclic amines) is 1. The average molecular weight is 414 g/mol. The Morgan fingerprint density at radius 3 is 2.21 bits per heavy atom. The Bertz CT molecular complexity index is 644. The molecule has 28 heavy (non-hydrogen) atoms. The van der Waals surface area contributed by atoms with Crippen LogP contribution in [-0.4, -0.2) is 62.4 Å². The van der Waals surface area contributed by atoms with Crippen LogP contribution in [0.15, 0.2) is 11.1 Å². The highest BCUT2D eigenvalue weighted by atomic mass is 28.3. The van der Waals surface area contributed by atoms with Crippen molar-refractivity contribution in [3.63, 3.8) is 0 Å². The van der Waals surface area contributed by atoms with Crippen molar-refractivity contribution in [3.05, 3.63) is 11.1 Å². The number of amides is 1. The minimum absolute atomic E-state index is 0.114. The first-order valence-electron chi connectivity index (χ1n) is 9.62. The standard InChI is InChI=1S/C20H35NO6Si/c1-13(12-28(6,7)8)15-11-21(19(25)26-5)16(17(22)23)14(15)9-10-27-18(24)20(2,3)4/h14,16H,9-12H2,1-8H3,(H,22,23)/b15-13-/t14-,16-/m0/s1. The molecule has 0 aromatic heterocycles. The van der Waals surface area contributed by atoms with Gasteiger partial charge < -0.3 is 14.6 Å². The third-order valence-corrected chi connectivity index (χ3v) is 6.38. The lowest BCUT2D eigenvalue weighted by Gasteiger charge is -2.24. The normalized spacial score (nSPS) is 22.1. The first-order chi connectivity index (χ1) is 12.7. The molecule has 160 valence electrons. The van der Waals surface area contributed by atoms with Gasteiger partial charge in [-0.05, 0) is 45.7 Å². The monoisotopic (exact) mass is 413 g/mol. The van der Waals surface area contributed by atoms with E-state index in [2.05, 4.69) is 19.6 Å². The van der Waals surface area contributed by atoms with Crippen LogP contribution in [0.2, 0.25) is 25.7 Å². The molecule has 1 rings (SSSR count). The van der Waals surface area contributed by atoms with Crippen molar-refractivity contribution in [2.75, 3.05) is 20.3 Å². The van der Waals surface area contributed by atoms with Crippen LogP contribution in [0.25, 0.3) is 0 Å². The van der Waals surface area contributed by atoms with E-state index in [9.17, 15) is 19.5 Å². The third-order valence-electron chi connectivity index (χ3n) is 4.79. The molecule has 1 aliphatic rings. The number of aliphatic carboxylic acids is 1. The summed E-state index contributed by atoms with van der Waals surface area (Å²) in [6.07, 6.45) is -0.301. The van der Waals surface area contributed by atoms with E-state index in [1.165, 1.54) is 12.0 Å². The highest BCUT2D eigenvalue weighted by molar-refractivity contribution is 6.76. The summed E-state index contributed by atoms with van der Waals surface area (Å²) in [4.78, 5) is 37.5. The summed E-state index contributed by atoms with van der Waals surface area (Å²) in [6.45, 7) is 14.4. The van der Waals surface area contributed by atoms with Gasteiger partial charge in [0.25, 0.3) is 0 Å². The Balaban J connectivity index is 3.16. The fourth-order valence-electron chi connectivity index (χ4n) is 3.60. The number of carboxylic acids is 1. The topological polar surface area (TPSA) is 93.1 Å². The third kappa shape index (κ3) is 6.36. The second kappa shape index (κ2) is 9.11. The van der Waals surface area contributed by atoms with E-state index < -0.39 is 37.5 Å². The molecular formula is C20H35NO6Si. The second-order valence-electron chi connectivity index (χ2n) is 9.71. The maximum Gasteiger partial charge on any atom is 0.410 e. The highest BCUT2D eigenvalue weighted by Gasteiger charge is 2.46. The lowest BCUT2D eigenvalue weighted by molar-refractivity contribution is -0.153. The summed E-state index contributed by atoms with van der Waals surface area (Å²) >= 11 is 0. The molecule has 2 atom stereocenters. The molecule has 1 saturated heterocycles. The number of methoxy groups -OCH3 is 1. The summed E-state index contributed by atoms with van der Waals surface area (Å²) in [5.74, 6) is -1.80. The van der Waals surface area contributed by atoms with Gasteiger partial charge >= 0.3 is 18.0 Å². The van der Waals surface area contributed by atoms with Crippen molar-refractivity contribution in [1.82, 2.24) is 4.90 Å². The van der Waals surface area contributed by atoms with Crippen molar-refractivity contribution in [2.45, 2.75) is 65.8 Å². The quantitative estimate of drug-likeness (QED) is 0.405. The highest BCUT2D eigenvalue weighted by Crippen LogP contribution is 2.37. The van der Waals surface area contributed by atoms with E-state index in [1.54, 1.807) is 20.8 Å². The smallest absolute Gasteiger partial charge is 0.410 e. The van der Waals surface area contributed by atoms with Gasteiger partial charge in [-0.2, -0.15) is 0 Å². The summed E-state index contributed by atoms with van der Waals surface area (Å²) in [5.41, 5.74) is 1.46. The first-order valence-corrected chi connectivity index (χ1v) is 13.3. The van der Waals surface area contributed by atoms with E-state index in [-0.39, 0.29) is 19.1 Å². The number of esters is 1. The Morgan fingerprint density at radius 2 is 1.79 bits per heavy atom. The van der Waals surface area contributed by atoms with Gasteiger partial charge in [-0.15, -0.1) is 0 Å². The van der Waals surface area contributed by atoms with Crippen LogP contribution < -0.4 is 0 Å². The molecule has 7 nitrogen and oxygen atoms in total. The van der Waals surface area contributed by atoms with Crippen LogP contribution in [0, 0.1) is 11.3 Å². The predicted molar refractivity (Wildman–Crippen MR) is 110 cm³/mol. The zero-order chi connectivity index (χ0) is 21.9. The molecule has 0 unspecified atom stereocenters. The number of carbonyl (C=O) groups excluding carboxylic acids is 2. The molecular weight excluding hydrogens is 378 g/mol. The van der Waals surface area contributed by atoms with Gasteiger partial charge in [0.15, 0.2) is 0 Å². The van der Waals surface area contributed by atoms with E-state index in [0.29, 0.717) is 6.42 Å². The van der Waals surface area contributed by atoms with Crippen molar-refractivity contribution < 1.29 is 29.0 Å². The Morgan fingerprint density at radius 1 is 1.21 bits per heavy atom. The van der Waals surface area contributed by atoms with Crippen molar-refractivity contribution >= 4 is 26.1 Å². The summed E-state index contributed by atoms with van der Waals surface area (Å²) in [5, 5.41) is 9.80. The van der Waals surface area contributed by atoms with Crippen LogP contribution in [0.4, 0.5) is 4.79 Å². The minimum Gasteiger partial charge on any atom is -0.480 e. The Labute approximate surface area is 169 Å². The number of hydrogen-bond acceptors (Lipinski definition) is 5. The molecule has 0 saturated carbocycles. The summed E-state index contributed by atoms with van der Waals surface area (Å²) < 4.78 is 10.2. The predicted octanol–water partition coefficient (Wildman–Crippen LogP) is 3.77. The molecule has 0 aromatic rings. The van der Waals surface area contributed by atoms with E-state index >= 15 is 0 Å². The van der Waals surface area contributed by atoms with Gasteiger partial charge in [-0.3, -0.25) is 9.69 Å². The minimum atomic E-state index is -1.42. The SMILES string of the molecule is COC(=O)N1C/C(=C(\C)C[Si](C)(C)C)[C@H](CCOC(=O)C(C)(C)C)[C@H]1C(=O)O. The number of ether oxygens (including phenoxy) is 2. The Kier molecular flexibility index (Phi) is 7.88. The maximum absolute atomic E-state index is 12.2. The molecule has 0 spiro atoms. The molecule has 1 fully saturated rings. The molecule has 1 aliphatic heterocycles. The average Bonchev–Trinajstić information content (AvgIpc) is 2.91. The number of carboxylic acid groups (broad SMARTS) is 1. The number of hydrogen-bond donors (Lipinski definition) is 1. The van der Waals surface area contributed by atoms with Crippen molar-refractivity contribution in [3.8, 4) is 0 Å². The molecule has 0 radical (unpaired) electrons. The van der Waals surface area contributed by atoms with Gasteiger partial charge in [0, 0.05) is 20.5 Å². The van der Waals surface area contributed by atoms with Gasteiger partial charge in [-0.1, -0.05) is 25.2 Å². The van der Waals surface area contributed by atoms with Crippen molar-refractivity contribution in [2.24, 2.45) is 11.3 Å². The number of carbonyl (C=O) groups is 3. The van der Waals surface area contributed by atoms with E-state index in [1.807, 2.05) is 6.92 Å². The molecule has 1 amide bonds. The summed E-state index contributed by atoms with van der Waals surface area (Å²) in [6, 6.07) is -0.102. The molecule has 0 aliphatic carbocycles. The number of allylic oxidation sites excluding steroid dienone is 1. The van der Waals surface area contributed by atoms with Gasteiger partial charge in [0.05, 0.1) is 19.1 Å². The Hall–Kier alpha value is -1.83. The first kappa shape index (κ1) is 24.2. The van der Waals surface area contributed by atoms with Crippen molar-refractivity contribution in [1.29, 1.82) is 0 Å². The van der Waals surface area contributed by atoms with E-state index in [4.69, 9.17) is 9.47 Å². The fourth-order valence-corrected chi connectivity index (χ4v) is 5.41. The summed E-state index contributed by atoms with van der Waals surface area (Å²) in [7, 11) is -0.176. The van der Waals surface area contributed by atoms with E-state index in [0.717, 1.165) is 17.2 Å². The largest absolute Gasteiger partial charge is 0.480 e. The lowest BCUT2D eigenvalue weighted by Crippen LogP contribution is -2.43. The molecule has 0 bridgehead atoms. The molecule has 8 heteroatoms. The number of rotatable bonds is 6. The van der Waals surface area contributed by atoms with Crippen LogP contribution in [-0.2, 0) is 19.1 Å². The lowest BCUT2D eigenvalue weighted by atomic mass is 9.90. The van der Waals surface area contributed by atoms with Crippen LogP contribution in [0.5, 0.6) is 0 Å². The second-order valence-corrected chi connectivity index (χ2v) is 15.2. The fraction of sp³-hybridized carbons (Fsp3) is 0.750. The molecule has 1 N–H and O–H groups in total. The van der Waals surface area contributed by atoms with Gasteiger partial charge in [0.1, 0.15) is 6.04 Å². The van der Waals surface area contributed by atoms with Gasteiger partial charge in [-0.25, -0.2) is 9.59 Å². The van der Waals surface area contributed by atoms with Gasteiger partial charge in [0.2, 0.25) is 0 Å². The van der Waals surface area contributed by atoms with Crippen LogP contribution in [0.1, 0.15) is 34.1 Å². The van der Waals surface area contributed by atoms with Crippen LogP contribution in [0.3, 0.4) is 0 Å². The zero-order valence-corrected chi connectivity index (χ0v) is 19.4. The molecule has 0 aromatic carbocycles. The zero-order valence-electron chi connectivity index (χ0n) is 18.4. The number of nitrogens with zero attached hydrogens (tertiary/aromatic N) is 1. The van der Waals surface area contributed by atoms with Crippen LogP contribution >= 0.6 is 0 Å².